The fourth-order valence-corrected chi connectivity index (χ4v) is 6.92. The van der Waals surface area contributed by atoms with Crippen molar-refractivity contribution in [2.24, 2.45) is 11.3 Å². The fraction of sp³-hybridized carbons (Fsp3) is 0.500. The van der Waals surface area contributed by atoms with Gasteiger partial charge in [0, 0.05) is 24.2 Å². The predicted octanol–water partition coefficient (Wildman–Crippen LogP) is 1.31. The summed E-state index contributed by atoms with van der Waals surface area (Å²) < 4.78 is 10.9. The number of hydrogen-bond donors (Lipinski definition) is 1. The van der Waals surface area contributed by atoms with E-state index in [9.17, 15) is 14.4 Å². The van der Waals surface area contributed by atoms with Crippen molar-refractivity contribution in [3.8, 4) is 0 Å². The monoisotopic (exact) mass is 396 g/mol. The molecule has 0 spiro atoms. The molecule has 2 bridgehead atoms. The first-order chi connectivity index (χ1) is 14.0. The first kappa shape index (κ1) is 18.4. The number of nitrogens with zero attached hydrogens (tertiary/aromatic N) is 1. The number of nitrogens with one attached hydrogen (secondary N) is 1. The normalized spacial score (nSPS) is 39.5. The van der Waals surface area contributed by atoms with Crippen LogP contribution < -0.4 is 10.2 Å². The number of rotatable bonds is 3. The third kappa shape index (κ3) is 1.65. The van der Waals surface area contributed by atoms with Crippen molar-refractivity contribution in [2.45, 2.75) is 36.9 Å². The molecule has 0 aromatic heterocycles. The zero-order valence-corrected chi connectivity index (χ0v) is 16.7. The Kier molecular flexibility index (Phi) is 3.60. The lowest BCUT2D eigenvalue weighted by Gasteiger charge is -2.64. The van der Waals surface area contributed by atoms with Gasteiger partial charge in [-0.25, -0.2) is 4.79 Å². The Bertz CT molecular complexity index is 974. The summed E-state index contributed by atoms with van der Waals surface area (Å²) in [5, 5.41) is 3.61. The minimum absolute atomic E-state index is 0.364. The molecule has 7 heteroatoms. The van der Waals surface area contributed by atoms with E-state index >= 15 is 0 Å². The van der Waals surface area contributed by atoms with Gasteiger partial charge in [0.05, 0.1) is 12.5 Å². The summed E-state index contributed by atoms with van der Waals surface area (Å²) >= 11 is 0. The quantitative estimate of drug-likeness (QED) is 0.357. The van der Waals surface area contributed by atoms with Crippen LogP contribution in [0.2, 0.25) is 0 Å². The molecule has 29 heavy (non-hydrogen) atoms. The van der Waals surface area contributed by atoms with Crippen molar-refractivity contribution in [3.05, 3.63) is 41.5 Å². The number of aldehydes is 1. The molecule has 5 atom stereocenters. The molecule has 4 heterocycles. The van der Waals surface area contributed by atoms with E-state index in [1.54, 1.807) is 13.0 Å². The van der Waals surface area contributed by atoms with Gasteiger partial charge in [0.15, 0.2) is 0 Å². The lowest BCUT2D eigenvalue weighted by atomic mass is 9.43. The molecular weight excluding hydrogens is 372 g/mol. The summed E-state index contributed by atoms with van der Waals surface area (Å²) in [5.41, 5.74) is -0.735. The maximum absolute atomic E-state index is 13.5. The van der Waals surface area contributed by atoms with E-state index in [1.807, 2.05) is 31.3 Å². The van der Waals surface area contributed by atoms with Crippen molar-refractivity contribution in [2.75, 3.05) is 25.6 Å². The molecule has 0 unspecified atom stereocenters. The zero-order valence-electron chi connectivity index (χ0n) is 16.7. The van der Waals surface area contributed by atoms with Gasteiger partial charge < -0.3 is 19.2 Å². The number of hydrogen-bond acceptors (Lipinski definition) is 7. The van der Waals surface area contributed by atoms with Gasteiger partial charge in [-0.15, -0.1) is 0 Å². The minimum Gasteiger partial charge on any atom is -0.466 e. The van der Waals surface area contributed by atoms with Crippen molar-refractivity contribution < 1.29 is 23.9 Å². The van der Waals surface area contributed by atoms with Gasteiger partial charge >= 0.3 is 11.9 Å². The first-order valence-electron chi connectivity index (χ1n) is 9.96. The van der Waals surface area contributed by atoms with E-state index in [0.29, 0.717) is 25.0 Å². The Morgan fingerprint density at radius 2 is 2.14 bits per heavy atom. The maximum Gasteiger partial charge on any atom is 0.333 e. The number of anilines is 1. The van der Waals surface area contributed by atoms with E-state index in [1.165, 1.54) is 7.11 Å². The summed E-state index contributed by atoms with van der Waals surface area (Å²) in [7, 11) is 3.30. The van der Waals surface area contributed by atoms with Gasteiger partial charge in [-0.2, -0.15) is 0 Å². The van der Waals surface area contributed by atoms with Crippen LogP contribution in [0.25, 0.3) is 0 Å². The Balaban J connectivity index is 1.85. The second-order valence-electron chi connectivity index (χ2n) is 8.33. The zero-order chi connectivity index (χ0) is 20.6. The average molecular weight is 396 g/mol. The van der Waals surface area contributed by atoms with Crippen LogP contribution in [-0.2, 0) is 29.3 Å². The Labute approximate surface area is 169 Å². The number of allylic oxidation sites excluding steroid dienone is 1. The summed E-state index contributed by atoms with van der Waals surface area (Å²) in [6.45, 7) is 2.39. The lowest BCUT2D eigenvalue weighted by molar-refractivity contribution is -0.218. The Hall–Kier alpha value is -2.67. The molecule has 7 nitrogen and oxygen atoms in total. The predicted molar refractivity (Wildman–Crippen MR) is 104 cm³/mol. The summed E-state index contributed by atoms with van der Waals surface area (Å²) in [6, 6.07) is 7.91. The molecule has 0 radical (unpaired) electrons. The highest BCUT2D eigenvalue weighted by Gasteiger charge is 2.85. The number of benzene rings is 1. The van der Waals surface area contributed by atoms with Crippen LogP contribution in [0.5, 0.6) is 0 Å². The number of ether oxygens (including phenoxy) is 2. The lowest BCUT2D eigenvalue weighted by Crippen LogP contribution is -2.82. The number of carbonyl (C=O) groups excluding carboxylic acids is 3. The van der Waals surface area contributed by atoms with Gasteiger partial charge in [0.1, 0.15) is 23.5 Å². The number of likely N-dealkylation sites (N-methyl/N-ethyl adjacent to an activating group) is 1. The number of esters is 2. The van der Waals surface area contributed by atoms with Crippen LogP contribution in [0.4, 0.5) is 5.69 Å². The molecule has 1 aromatic rings. The average Bonchev–Trinajstić information content (AvgIpc) is 3.26. The molecule has 6 rings (SSSR count). The Morgan fingerprint density at radius 1 is 1.38 bits per heavy atom. The topological polar surface area (TPSA) is 84.9 Å². The molecule has 1 aliphatic carbocycles. The summed E-state index contributed by atoms with van der Waals surface area (Å²) in [4.78, 5) is 41.1. The van der Waals surface area contributed by atoms with Gasteiger partial charge in [0.2, 0.25) is 0 Å². The highest BCUT2D eigenvalue weighted by Crippen LogP contribution is 2.72. The number of para-hydroxylation sites is 1. The molecule has 1 N–H and O–H groups in total. The second-order valence-corrected chi connectivity index (χ2v) is 8.33. The molecule has 1 aromatic carbocycles. The van der Waals surface area contributed by atoms with Crippen molar-refractivity contribution in [1.82, 2.24) is 5.32 Å². The maximum atomic E-state index is 13.5. The van der Waals surface area contributed by atoms with E-state index in [-0.39, 0.29) is 0 Å². The largest absolute Gasteiger partial charge is 0.466 e. The SMILES string of the molecule is CC=C(C(=O)OC)[C@@H]1C[C@H]2OC(=O)[C@]1(C=O)[C@@]13CCN[C@@]21N(C)c1ccccc13. The smallest absolute Gasteiger partial charge is 0.333 e. The van der Waals surface area contributed by atoms with E-state index in [0.717, 1.165) is 17.5 Å². The molecule has 152 valence electrons. The van der Waals surface area contributed by atoms with E-state index in [2.05, 4.69) is 10.2 Å². The third-order valence-corrected chi connectivity index (χ3v) is 7.85. The van der Waals surface area contributed by atoms with Crippen LogP contribution in [-0.4, -0.2) is 50.7 Å². The number of methoxy groups -OCH3 is 1. The molecule has 3 saturated heterocycles. The molecule has 0 amide bonds. The van der Waals surface area contributed by atoms with E-state index in [4.69, 9.17) is 9.47 Å². The highest BCUT2D eigenvalue weighted by atomic mass is 16.6. The molecule has 1 saturated carbocycles. The number of carbonyl (C=O) groups is 3. The Morgan fingerprint density at radius 3 is 2.83 bits per heavy atom. The van der Waals surface area contributed by atoms with Gasteiger partial charge in [-0.05, 0) is 37.9 Å². The first-order valence-corrected chi connectivity index (χ1v) is 9.96. The van der Waals surface area contributed by atoms with Gasteiger partial charge in [0.25, 0.3) is 0 Å². The van der Waals surface area contributed by atoms with Crippen LogP contribution in [0.15, 0.2) is 35.9 Å². The van der Waals surface area contributed by atoms with Crippen molar-refractivity contribution in [1.29, 1.82) is 0 Å². The fourth-order valence-electron chi connectivity index (χ4n) is 6.92. The van der Waals surface area contributed by atoms with Crippen LogP contribution in [0.3, 0.4) is 0 Å². The summed E-state index contributed by atoms with van der Waals surface area (Å²) in [5.74, 6) is -1.65. The molecule has 4 aliphatic heterocycles. The van der Waals surface area contributed by atoms with E-state index < -0.39 is 40.5 Å². The summed E-state index contributed by atoms with van der Waals surface area (Å²) in [6.07, 6.45) is 2.90. The van der Waals surface area contributed by atoms with Crippen LogP contribution in [0, 0.1) is 11.3 Å². The molecular formula is C22H24N2O5. The standard InChI is InChI=1S/C22H24N2O5/c1-4-13(18(26)28-3)15-11-17-22-21(9-10-23-22,20(15,12-25)19(27)29-17)14-7-5-6-8-16(14)24(22)2/h4-8,12,15,17,23H,9-11H2,1-3H3/t15-,17+,20+,21-,22+/m0/s1. The molecule has 5 aliphatic rings. The van der Waals surface area contributed by atoms with Crippen molar-refractivity contribution in [3.63, 3.8) is 0 Å². The third-order valence-electron chi connectivity index (χ3n) is 7.85. The minimum atomic E-state index is -1.51. The molecule has 4 fully saturated rings. The number of fused-ring (bicyclic) bond motifs is 3. The van der Waals surface area contributed by atoms with Crippen LogP contribution >= 0.6 is 0 Å². The van der Waals surface area contributed by atoms with Crippen molar-refractivity contribution >= 4 is 23.9 Å². The van der Waals surface area contributed by atoms with Crippen LogP contribution in [0.1, 0.15) is 25.3 Å². The van der Waals surface area contributed by atoms with Gasteiger partial charge in [-0.3, -0.25) is 10.1 Å². The highest BCUT2D eigenvalue weighted by molar-refractivity contribution is 6.03. The van der Waals surface area contributed by atoms with Gasteiger partial charge in [-0.1, -0.05) is 24.3 Å². The second kappa shape index (κ2) is 5.69.